The summed E-state index contributed by atoms with van der Waals surface area (Å²) in [6.07, 6.45) is 11.8. The van der Waals surface area contributed by atoms with Crippen LogP contribution in [-0.2, 0) is 9.53 Å². The zero-order valence-electron chi connectivity index (χ0n) is 9.54. The van der Waals surface area contributed by atoms with E-state index in [1.54, 1.807) is 0 Å². The predicted octanol–water partition coefficient (Wildman–Crippen LogP) is 3.47. The van der Waals surface area contributed by atoms with Gasteiger partial charge in [-0.3, -0.25) is 0 Å². The molecule has 1 rings (SSSR count). The van der Waals surface area contributed by atoms with Gasteiger partial charge >= 0.3 is 5.97 Å². The summed E-state index contributed by atoms with van der Waals surface area (Å²) in [5.41, 5.74) is 0. The standard InChI is InChI=1S/C13H22O2/c1-2-13(14)15-11-7-10-12-8-5-3-4-6-9-12/h2,12H,1,3-11H2. The van der Waals surface area contributed by atoms with Crippen LogP contribution in [-0.4, -0.2) is 12.6 Å². The molecule has 1 fully saturated rings. The lowest BCUT2D eigenvalue weighted by Crippen LogP contribution is -2.05. The van der Waals surface area contributed by atoms with Crippen molar-refractivity contribution >= 4 is 5.97 Å². The van der Waals surface area contributed by atoms with Crippen LogP contribution in [0.25, 0.3) is 0 Å². The second-order valence-corrected chi connectivity index (χ2v) is 4.37. The number of ether oxygens (including phenoxy) is 1. The summed E-state index contributed by atoms with van der Waals surface area (Å²) in [5.74, 6) is 0.575. The third kappa shape index (κ3) is 5.60. The van der Waals surface area contributed by atoms with Crippen LogP contribution >= 0.6 is 0 Å². The molecule has 15 heavy (non-hydrogen) atoms. The molecule has 1 aliphatic rings. The fourth-order valence-corrected chi connectivity index (χ4v) is 2.26. The smallest absolute Gasteiger partial charge is 0.330 e. The molecule has 0 bridgehead atoms. The van der Waals surface area contributed by atoms with Gasteiger partial charge < -0.3 is 4.74 Å². The van der Waals surface area contributed by atoms with Gasteiger partial charge in [0.1, 0.15) is 0 Å². The summed E-state index contributed by atoms with van der Waals surface area (Å²) in [4.78, 5) is 10.8. The van der Waals surface area contributed by atoms with Gasteiger partial charge in [-0.2, -0.15) is 0 Å². The van der Waals surface area contributed by atoms with Gasteiger partial charge in [0.25, 0.3) is 0 Å². The van der Waals surface area contributed by atoms with Crippen LogP contribution in [0, 0.1) is 5.92 Å². The summed E-state index contributed by atoms with van der Waals surface area (Å²) in [6, 6.07) is 0. The molecule has 0 aromatic carbocycles. The maximum absolute atomic E-state index is 10.8. The third-order valence-corrected chi connectivity index (χ3v) is 3.14. The van der Waals surface area contributed by atoms with E-state index in [1.807, 2.05) is 0 Å². The lowest BCUT2D eigenvalue weighted by atomic mass is 9.95. The first-order chi connectivity index (χ1) is 7.33. The molecule has 0 amide bonds. The molecule has 0 radical (unpaired) electrons. The molecule has 0 saturated heterocycles. The molecule has 2 heteroatoms. The van der Waals surface area contributed by atoms with Gasteiger partial charge in [-0.15, -0.1) is 0 Å². The van der Waals surface area contributed by atoms with Crippen LogP contribution < -0.4 is 0 Å². The summed E-state index contributed by atoms with van der Waals surface area (Å²) >= 11 is 0. The van der Waals surface area contributed by atoms with E-state index in [4.69, 9.17) is 4.74 Å². The number of hydrogen-bond acceptors (Lipinski definition) is 2. The molecular formula is C13H22O2. The second kappa shape index (κ2) is 7.49. The van der Waals surface area contributed by atoms with Crippen LogP contribution in [0.1, 0.15) is 51.4 Å². The molecule has 0 unspecified atom stereocenters. The van der Waals surface area contributed by atoms with Crippen molar-refractivity contribution < 1.29 is 9.53 Å². The SMILES string of the molecule is C=CC(=O)OCCCC1CCCCCC1. The number of carbonyl (C=O) groups excluding carboxylic acids is 1. The zero-order chi connectivity index (χ0) is 10.9. The van der Waals surface area contributed by atoms with Crippen molar-refractivity contribution in [1.29, 1.82) is 0 Å². The van der Waals surface area contributed by atoms with Gasteiger partial charge in [0.2, 0.25) is 0 Å². The van der Waals surface area contributed by atoms with E-state index in [0.717, 1.165) is 12.3 Å². The number of hydrogen-bond donors (Lipinski definition) is 0. The maximum atomic E-state index is 10.8. The van der Waals surface area contributed by atoms with Gasteiger partial charge in [-0.05, 0) is 18.8 Å². The van der Waals surface area contributed by atoms with Gasteiger partial charge in [0.15, 0.2) is 0 Å². The minimum Gasteiger partial charge on any atom is -0.463 e. The highest BCUT2D eigenvalue weighted by Crippen LogP contribution is 2.26. The van der Waals surface area contributed by atoms with E-state index in [9.17, 15) is 4.79 Å². The van der Waals surface area contributed by atoms with E-state index < -0.39 is 0 Å². The molecular weight excluding hydrogens is 188 g/mol. The predicted molar refractivity (Wildman–Crippen MR) is 61.6 cm³/mol. The Bertz CT molecular complexity index is 191. The van der Waals surface area contributed by atoms with E-state index in [2.05, 4.69) is 6.58 Å². The highest BCUT2D eigenvalue weighted by molar-refractivity contribution is 5.81. The molecule has 0 heterocycles. The molecule has 2 nitrogen and oxygen atoms in total. The number of esters is 1. The topological polar surface area (TPSA) is 26.3 Å². The minimum absolute atomic E-state index is 0.295. The van der Waals surface area contributed by atoms with Gasteiger partial charge in [-0.1, -0.05) is 45.1 Å². The molecule has 0 aromatic rings. The molecule has 86 valence electrons. The van der Waals surface area contributed by atoms with Gasteiger partial charge in [0.05, 0.1) is 6.61 Å². The molecule has 0 aliphatic heterocycles. The molecule has 0 spiro atoms. The quantitative estimate of drug-likeness (QED) is 0.300. The molecule has 0 atom stereocenters. The molecule has 1 saturated carbocycles. The van der Waals surface area contributed by atoms with E-state index in [0.29, 0.717) is 6.61 Å². The minimum atomic E-state index is -0.295. The van der Waals surface area contributed by atoms with Crippen molar-refractivity contribution in [3.63, 3.8) is 0 Å². The highest BCUT2D eigenvalue weighted by Gasteiger charge is 2.11. The third-order valence-electron chi connectivity index (χ3n) is 3.14. The van der Waals surface area contributed by atoms with Crippen LogP contribution in [0.4, 0.5) is 0 Å². The van der Waals surface area contributed by atoms with Crippen molar-refractivity contribution in [1.82, 2.24) is 0 Å². The Morgan fingerprint density at radius 2 is 1.93 bits per heavy atom. The molecule has 0 aromatic heterocycles. The monoisotopic (exact) mass is 210 g/mol. The van der Waals surface area contributed by atoms with Crippen LogP contribution in [0.3, 0.4) is 0 Å². The maximum Gasteiger partial charge on any atom is 0.330 e. The Kier molecular flexibility index (Phi) is 6.14. The normalized spacial score (nSPS) is 18.1. The number of carbonyl (C=O) groups is 1. The second-order valence-electron chi connectivity index (χ2n) is 4.37. The van der Waals surface area contributed by atoms with Crippen molar-refractivity contribution in [3.05, 3.63) is 12.7 Å². The Labute approximate surface area is 92.7 Å². The van der Waals surface area contributed by atoms with Gasteiger partial charge in [0, 0.05) is 6.08 Å². The van der Waals surface area contributed by atoms with Crippen molar-refractivity contribution in [2.24, 2.45) is 5.92 Å². The van der Waals surface area contributed by atoms with Crippen molar-refractivity contribution in [3.8, 4) is 0 Å². The largest absolute Gasteiger partial charge is 0.463 e. The number of rotatable bonds is 5. The van der Waals surface area contributed by atoms with E-state index >= 15 is 0 Å². The van der Waals surface area contributed by atoms with E-state index in [-0.39, 0.29) is 5.97 Å². The van der Waals surface area contributed by atoms with Crippen molar-refractivity contribution in [2.45, 2.75) is 51.4 Å². The van der Waals surface area contributed by atoms with Crippen LogP contribution in [0.15, 0.2) is 12.7 Å². The first-order valence-corrected chi connectivity index (χ1v) is 6.12. The highest BCUT2D eigenvalue weighted by atomic mass is 16.5. The van der Waals surface area contributed by atoms with E-state index in [1.165, 1.54) is 51.0 Å². The van der Waals surface area contributed by atoms with Crippen molar-refractivity contribution in [2.75, 3.05) is 6.61 Å². The summed E-state index contributed by atoms with van der Waals surface area (Å²) in [7, 11) is 0. The molecule has 1 aliphatic carbocycles. The lowest BCUT2D eigenvalue weighted by Gasteiger charge is -2.13. The Morgan fingerprint density at radius 3 is 2.53 bits per heavy atom. The zero-order valence-corrected chi connectivity index (χ0v) is 9.54. The summed E-state index contributed by atoms with van der Waals surface area (Å²) in [6.45, 7) is 3.92. The summed E-state index contributed by atoms with van der Waals surface area (Å²) in [5, 5.41) is 0. The Balaban J connectivity index is 2.03. The van der Waals surface area contributed by atoms with Crippen LogP contribution in [0.5, 0.6) is 0 Å². The lowest BCUT2D eigenvalue weighted by molar-refractivity contribution is -0.137. The first kappa shape index (κ1) is 12.3. The fourth-order valence-electron chi connectivity index (χ4n) is 2.26. The summed E-state index contributed by atoms with van der Waals surface area (Å²) < 4.78 is 4.96. The van der Waals surface area contributed by atoms with Gasteiger partial charge in [-0.25, -0.2) is 4.79 Å². The average Bonchev–Trinajstić information content (AvgIpc) is 2.52. The first-order valence-electron chi connectivity index (χ1n) is 6.12. The Morgan fingerprint density at radius 1 is 1.27 bits per heavy atom. The average molecular weight is 210 g/mol. The van der Waals surface area contributed by atoms with Crippen LogP contribution in [0.2, 0.25) is 0 Å². The fraction of sp³-hybridized carbons (Fsp3) is 0.769. The Hall–Kier alpha value is -0.790. The molecule has 0 N–H and O–H groups in total.